The largest absolute Gasteiger partial charge is 0.397 e. The first-order chi connectivity index (χ1) is 11.5. The van der Waals surface area contributed by atoms with Crippen molar-refractivity contribution in [2.24, 2.45) is 4.99 Å². The second-order valence-electron chi connectivity index (χ2n) is 4.96. The van der Waals surface area contributed by atoms with Crippen molar-refractivity contribution in [1.29, 1.82) is 10.5 Å². The van der Waals surface area contributed by atoms with Crippen LogP contribution < -0.4 is 22.1 Å². The number of nitrogens with zero attached hydrogens (tertiary/aromatic N) is 4. The lowest BCUT2D eigenvalue weighted by atomic mass is 9.95. The molecule has 0 amide bonds. The Kier molecular flexibility index (Phi) is 3.82. The standard InChI is InChI=1S/C15H11ClN8/c16-8-3-1-2-7(4-8)12-10-11(19)9(5-17)13(20)23-14(10)24-15(22-12)21-6-18/h1-4,12H,(H6,19,20,21,22,23,24). The van der Waals surface area contributed by atoms with Crippen molar-refractivity contribution < 1.29 is 0 Å². The number of rotatable bonds is 1. The van der Waals surface area contributed by atoms with Crippen LogP contribution in [0.25, 0.3) is 0 Å². The second-order valence-corrected chi connectivity index (χ2v) is 5.39. The molecule has 3 rings (SSSR count). The van der Waals surface area contributed by atoms with Gasteiger partial charge in [0.15, 0.2) is 6.19 Å². The van der Waals surface area contributed by atoms with Crippen LogP contribution in [0.1, 0.15) is 22.7 Å². The lowest BCUT2D eigenvalue weighted by Gasteiger charge is -2.26. The summed E-state index contributed by atoms with van der Waals surface area (Å²) in [6, 6.07) is 8.43. The summed E-state index contributed by atoms with van der Waals surface area (Å²) in [5.74, 6) is 0.539. The Labute approximate surface area is 142 Å². The number of nitriles is 2. The molecule has 0 radical (unpaired) electrons. The number of aromatic nitrogens is 1. The monoisotopic (exact) mass is 338 g/mol. The number of hydrogen-bond donors (Lipinski definition) is 4. The zero-order valence-corrected chi connectivity index (χ0v) is 13.0. The third-order valence-corrected chi connectivity index (χ3v) is 3.76. The van der Waals surface area contributed by atoms with Gasteiger partial charge in [0.2, 0.25) is 5.96 Å². The van der Waals surface area contributed by atoms with Gasteiger partial charge in [0.05, 0.1) is 5.69 Å². The Hall–Kier alpha value is -3.49. The fourth-order valence-electron chi connectivity index (χ4n) is 2.50. The van der Waals surface area contributed by atoms with Gasteiger partial charge in [-0.25, -0.2) is 9.98 Å². The molecule has 0 spiro atoms. The van der Waals surface area contributed by atoms with Crippen LogP contribution in [-0.2, 0) is 0 Å². The molecular weight excluding hydrogens is 328 g/mol. The zero-order valence-electron chi connectivity index (χ0n) is 12.2. The molecule has 0 aliphatic carbocycles. The van der Waals surface area contributed by atoms with E-state index in [0.717, 1.165) is 5.56 Å². The first kappa shape index (κ1) is 15.4. The molecule has 1 unspecified atom stereocenters. The van der Waals surface area contributed by atoms with E-state index in [1.54, 1.807) is 24.4 Å². The average Bonchev–Trinajstić information content (AvgIpc) is 2.54. The fourth-order valence-corrected chi connectivity index (χ4v) is 2.70. The van der Waals surface area contributed by atoms with Gasteiger partial charge in [-0.2, -0.15) is 10.5 Å². The van der Waals surface area contributed by atoms with Gasteiger partial charge in [-0.15, -0.1) is 0 Å². The number of nitrogen functional groups attached to an aromatic ring is 2. The van der Waals surface area contributed by atoms with E-state index in [-0.39, 0.29) is 23.0 Å². The highest BCUT2D eigenvalue weighted by Gasteiger charge is 2.29. The maximum absolute atomic E-state index is 9.26. The molecule has 0 saturated heterocycles. The number of benzene rings is 1. The molecule has 24 heavy (non-hydrogen) atoms. The van der Waals surface area contributed by atoms with Gasteiger partial charge in [0.25, 0.3) is 0 Å². The number of hydrogen-bond acceptors (Lipinski definition) is 8. The molecule has 1 aromatic heterocycles. The van der Waals surface area contributed by atoms with E-state index in [4.69, 9.17) is 28.3 Å². The minimum Gasteiger partial charge on any atom is -0.397 e. The molecule has 0 saturated carbocycles. The van der Waals surface area contributed by atoms with Crippen molar-refractivity contribution in [3.8, 4) is 12.3 Å². The van der Waals surface area contributed by atoms with Crippen LogP contribution in [0.5, 0.6) is 0 Å². The minimum atomic E-state index is -0.587. The smallest absolute Gasteiger partial charge is 0.211 e. The fraction of sp³-hybridized carbons (Fsp3) is 0.0667. The number of nitrogens with two attached hydrogens (primary N) is 2. The van der Waals surface area contributed by atoms with Gasteiger partial charge in [-0.3, -0.25) is 5.32 Å². The van der Waals surface area contributed by atoms with Crippen LogP contribution in [0.2, 0.25) is 5.02 Å². The Morgan fingerprint density at radius 1 is 1.29 bits per heavy atom. The first-order valence-corrected chi connectivity index (χ1v) is 7.17. The molecule has 0 bridgehead atoms. The van der Waals surface area contributed by atoms with Crippen molar-refractivity contribution in [3.63, 3.8) is 0 Å². The Bertz CT molecular complexity index is 938. The van der Waals surface area contributed by atoms with E-state index in [2.05, 4.69) is 20.6 Å². The zero-order chi connectivity index (χ0) is 17.3. The minimum absolute atomic E-state index is 0.00398. The van der Waals surface area contributed by atoms with Crippen molar-refractivity contribution in [2.75, 3.05) is 16.8 Å². The third-order valence-electron chi connectivity index (χ3n) is 3.52. The molecule has 1 atom stereocenters. The van der Waals surface area contributed by atoms with E-state index < -0.39 is 6.04 Å². The van der Waals surface area contributed by atoms with Crippen molar-refractivity contribution >= 4 is 34.9 Å². The summed E-state index contributed by atoms with van der Waals surface area (Å²) in [7, 11) is 0. The number of anilines is 3. The van der Waals surface area contributed by atoms with Crippen LogP contribution in [0.4, 0.5) is 17.3 Å². The number of pyridine rings is 1. The summed E-state index contributed by atoms with van der Waals surface area (Å²) < 4.78 is 0. The number of fused-ring (bicyclic) bond motifs is 1. The maximum atomic E-state index is 9.26. The highest BCUT2D eigenvalue weighted by molar-refractivity contribution is 6.30. The molecule has 8 nitrogen and oxygen atoms in total. The molecule has 2 heterocycles. The van der Waals surface area contributed by atoms with Crippen LogP contribution in [0.15, 0.2) is 29.3 Å². The van der Waals surface area contributed by atoms with E-state index in [1.807, 2.05) is 12.1 Å². The van der Waals surface area contributed by atoms with Crippen LogP contribution >= 0.6 is 11.6 Å². The number of nitrogens with one attached hydrogen (secondary N) is 2. The molecule has 1 aliphatic heterocycles. The molecule has 118 valence electrons. The van der Waals surface area contributed by atoms with Crippen LogP contribution in [0.3, 0.4) is 0 Å². The van der Waals surface area contributed by atoms with E-state index in [9.17, 15) is 5.26 Å². The Balaban J connectivity index is 2.25. The van der Waals surface area contributed by atoms with Gasteiger partial charge < -0.3 is 16.8 Å². The molecule has 2 aromatic rings. The summed E-state index contributed by atoms with van der Waals surface area (Å²) in [6.45, 7) is 0. The molecular formula is C15H11ClN8. The number of aliphatic imine (C=N–C) groups is 1. The Morgan fingerprint density at radius 2 is 2.08 bits per heavy atom. The van der Waals surface area contributed by atoms with Gasteiger partial charge in [-0.1, -0.05) is 23.7 Å². The summed E-state index contributed by atoms with van der Waals surface area (Å²) in [4.78, 5) is 8.61. The van der Waals surface area contributed by atoms with Gasteiger partial charge >= 0.3 is 0 Å². The SMILES string of the molecule is N#CNC1=NC(c2cccc(Cl)c2)c2c(nc(N)c(C#N)c2N)N1. The summed E-state index contributed by atoms with van der Waals surface area (Å²) in [6.07, 6.45) is 1.79. The van der Waals surface area contributed by atoms with Crippen molar-refractivity contribution in [1.82, 2.24) is 10.3 Å². The summed E-state index contributed by atoms with van der Waals surface area (Å²) in [5, 5.41) is 23.9. The highest BCUT2D eigenvalue weighted by Crippen LogP contribution is 2.40. The molecule has 9 heteroatoms. The summed E-state index contributed by atoms with van der Waals surface area (Å²) >= 11 is 6.06. The molecule has 1 aliphatic rings. The topological polar surface area (TPSA) is 149 Å². The lowest BCUT2D eigenvalue weighted by Crippen LogP contribution is -2.32. The molecule has 0 fully saturated rings. The van der Waals surface area contributed by atoms with Crippen LogP contribution in [-0.4, -0.2) is 10.9 Å². The van der Waals surface area contributed by atoms with E-state index >= 15 is 0 Å². The lowest BCUT2D eigenvalue weighted by molar-refractivity contribution is 0.847. The molecule has 6 N–H and O–H groups in total. The summed E-state index contributed by atoms with van der Waals surface area (Å²) in [5.41, 5.74) is 13.4. The number of halogens is 1. The average molecular weight is 339 g/mol. The first-order valence-electron chi connectivity index (χ1n) is 6.79. The molecule has 1 aromatic carbocycles. The quantitative estimate of drug-likeness (QED) is 0.456. The maximum Gasteiger partial charge on any atom is 0.211 e. The van der Waals surface area contributed by atoms with Gasteiger partial charge in [0, 0.05) is 10.6 Å². The third kappa shape index (κ3) is 2.51. The van der Waals surface area contributed by atoms with E-state index in [0.29, 0.717) is 16.4 Å². The van der Waals surface area contributed by atoms with Crippen molar-refractivity contribution in [2.45, 2.75) is 6.04 Å². The predicted molar refractivity (Wildman–Crippen MR) is 90.9 cm³/mol. The second kappa shape index (κ2) is 5.95. The van der Waals surface area contributed by atoms with Gasteiger partial charge in [-0.05, 0) is 17.7 Å². The normalized spacial score (nSPS) is 15.3. The van der Waals surface area contributed by atoms with Gasteiger partial charge in [0.1, 0.15) is 29.3 Å². The number of guanidine groups is 1. The van der Waals surface area contributed by atoms with E-state index in [1.165, 1.54) is 0 Å². The Morgan fingerprint density at radius 3 is 2.75 bits per heavy atom. The van der Waals surface area contributed by atoms with Crippen LogP contribution in [0, 0.1) is 22.8 Å². The highest BCUT2D eigenvalue weighted by atomic mass is 35.5. The predicted octanol–water partition coefficient (Wildman–Crippen LogP) is 1.71. The van der Waals surface area contributed by atoms with Crippen molar-refractivity contribution in [3.05, 3.63) is 46.0 Å².